The van der Waals surface area contributed by atoms with E-state index in [1.165, 1.54) is 18.4 Å². The molecule has 1 aliphatic rings. The summed E-state index contributed by atoms with van der Waals surface area (Å²) in [7, 11) is 1.32. The third-order valence-electron chi connectivity index (χ3n) is 4.71. The van der Waals surface area contributed by atoms with Gasteiger partial charge in [-0.25, -0.2) is 9.79 Å². The Labute approximate surface area is 175 Å². The molecule has 1 unspecified atom stereocenters. The summed E-state index contributed by atoms with van der Waals surface area (Å²) in [5.41, 5.74) is 2.35. The Kier molecular flexibility index (Phi) is 5.22. The molecular formula is C22H17ClN2O3S. The maximum atomic E-state index is 13.3. The van der Waals surface area contributed by atoms with Crippen molar-refractivity contribution in [2.75, 3.05) is 7.11 Å². The van der Waals surface area contributed by atoms with Crippen molar-refractivity contribution in [1.82, 2.24) is 4.57 Å². The van der Waals surface area contributed by atoms with E-state index in [1.807, 2.05) is 48.5 Å². The minimum Gasteiger partial charge on any atom is -0.466 e. The third kappa shape index (κ3) is 3.57. The highest BCUT2D eigenvalue weighted by Gasteiger charge is 2.32. The highest BCUT2D eigenvalue weighted by Crippen LogP contribution is 2.31. The van der Waals surface area contributed by atoms with E-state index in [4.69, 9.17) is 16.3 Å². The molecule has 5 nitrogen and oxygen atoms in total. The number of ether oxygens (including phenoxy) is 1. The Morgan fingerprint density at radius 2 is 1.86 bits per heavy atom. The molecule has 2 heterocycles. The Balaban J connectivity index is 1.99. The molecule has 0 saturated carbocycles. The first-order valence-electron chi connectivity index (χ1n) is 8.91. The molecule has 1 atom stereocenters. The Bertz CT molecular complexity index is 1290. The van der Waals surface area contributed by atoms with Gasteiger partial charge in [-0.1, -0.05) is 65.4 Å². The van der Waals surface area contributed by atoms with Crippen LogP contribution in [0.2, 0.25) is 5.02 Å². The fourth-order valence-corrected chi connectivity index (χ4v) is 4.53. The molecule has 0 fully saturated rings. The average molecular weight is 425 g/mol. The van der Waals surface area contributed by atoms with Crippen LogP contribution in [0.4, 0.5) is 0 Å². The summed E-state index contributed by atoms with van der Waals surface area (Å²) < 4.78 is 7.10. The molecule has 29 heavy (non-hydrogen) atoms. The van der Waals surface area contributed by atoms with Crippen molar-refractivity contribution >= 4 is 35.0 Å². The van der Waals surface area contributed by atoms with Crippen molar-refractivity contribution in [2.24, 2.45) is 4.99 Å². The number of carbonyl (C=O) groups is 1. The van der Waals surface area contributed by atoms with Crippen LogP contribution in [0.1, 0.15) is 24.1 Å². The van der Waals surface area contributed by atoms with Gasteiger partial charge in [0.2, 0.25) is 0 Å². The molecule has 0 N–H and O–H groups in total. The molecular weight excluding hydrogens is 408 g/mol. The smallest absolute Gasteiger partial charge is 0.338 e. The number of hydrogen-bond donors (Lipinski definition) is 0. The summed E-state index contributed by atoms with van der Waals surface area (Å²) in [5.74, 6) is -0.511. The predicted molar refractivity (Wildman–Crippen MR) is 114 cm³/mol. The molecule has 0 aliphatic carbocycles. The number of esters is 1. The van der Waals surface area contributed by atoms with Crippen LogP contribution in [0, 0.1) is 0 Å². The first-order valence-corrected chi connectivity index (χ1v) is 10.1. The number of methoxy groups -OCH3 is 1. The Morgan fingerprint density at radius 1 is 1.17 bits per heavy atom. The van der Waals surface area contributed by atoms with Crippen molar-refractivity contribution in [2.45, 2.75) is 13.0 Å². The van der Waals surface area contributed by atoms with Gasteiger partial charge in [0.1, 0.15) is 0 Å². The number of aromatic nitrogens is 1. The van der Waals surface area contributed by atoms with Crippen molar-refractivity contribution in [1.29, 1.82) is 0 Å². The molecule has 2 aromatic carbocycles. The average Bonchev–Trinajstić information content (AvgIpc) is 3.02. The molecule has 0 radical (unpaired) electrons. The van der Waals surface area contributed by atoms with Crippen LogP contribution in [0.3, 0.4) is 0 Å². The standard InChI is InChI=1S/C22H17ClN2O3S/c1-13-18(21(27)28-2)19(15-8-10-16(23)11-9-15)25-20(26)17(29-22(25)24-13)12-14-6-4-3-5-7-14/h3-12,19H,1-2H3. The van der Waals surface area contributed by atoms with Crippen LogP contribution in [-0.2, 0) is 9.53 Å². The molecule has 146 valence electrons. The summed E-state index contributed by atoms with van der Waals surface area (Å²) in [6.45, 7) is 1.75. The highest BCUT2D eigenvalue weighted by atomic mass is 35.5. The van der Waals surface area contributed by atoms with Crippen molar-refractivity contribution in [3.63, 3.8) is 0 Å². The van der Waals surface area contributed by atoms with Crippen LogP contribution < -0.4 is 14.9 Å². The van der Waals surface area contributed by atoms with Crippen LogP contribution in [0.25, 0.3) is 6.08 Å². The molecule has 7 heteroatoms. The molecule has 0 saturated heterocycles. The summed E-state index contributed by atoms with van der Waals surface area (Å²) in [6.07, 6.45) is 1.83. The number of hydrogen-bond acceptors (Lipinski definition) is 5. The maximum absolute atomic E-state index is 13.3. The zero-order valence-electron chi connectivity index (χ0n) is 15.8. The number of carbonyl (C=O) groups excluding carboxylic acids is 1. The zero-order valence-corrected chi connectivity index (χ0v) is 17.3. The molecule has 1 aliphatic heterocycles. The fraction of sp³-hybridized carbons (Fsp3) is 0.136. The van der Waals surface area contributed by atoms with Gasteiger partial charge < -0.3 is 4.74 Å². The summed E-state index contributed by atoms with van der Waals surface area (Å²) in [4.78, 5) is 30.9. The van der Waals surface area contributed by atoms with E-state index in [0.717, 1.165) is 11.1 Å². The second-order valence-corrected chi connectivity index (χ2v) is 7.98. The fourth-order valence-electron chi connectivity index (χ4n) is 3.35. The lowest BCUT2D eigenvalue weighted by atomic mass is 9.96. The molecule has 0 spiro atoms. The van der Waals surface area contributed by atoms with Crippen molar-refractivity contribution in [3.8, 4) is 0 Å². The minimum absolute atomic E-state index is 0.202. The topological polar surface area (TPSA) is 60.7 Å². The Hall–Kier alpha value is -2.96. The van der Waals surface area contributed by atoms with Gasteiger partial charge in [-0.2, -0.15) is 0 Å². The number of nitrogens with zero attached hydrogens (tertiary/aromatic N) is 2. The van der Waals surface area contributed by atoms with Gasteiger partial charge >= 0.3 is 5.97 Å². The zero-order chi connectivity index (χ0) is 20.5. The van der Waals surface area contributed by atoms with Gasteiger partial charge in [-0.05, 0) is 36.3 Å². The van der Waals surface area contributed by atoms with Crippen LogP contribution in [-0.4, -0.2) is 17.6 Å². The monoisotopic (exact) mass is 424 g/mol. The molecule has 3 aromatic rings. The first-order chi connectivity index (χ1) is 14.0. The van der Waals surface area contributed by atoms with E-state index in [-0.39, 0.29) is 5.56 Å². The van der Waals surface area contributed by atoms with Gasteiger partial charge in [-0.15, -0.1) is 0 Å². The van der Waals surface area contributed by atoms with Gasteiger partial charge in [0.25, 0.3) is 5.56 Å². The number of allylic oxidation sites excluding steroid dienone is 1. The van der Waals surface area contributed by atoms with Gasteiger partial charge in [0, 0.05) is 5.02 Å². The van der Waals surface area contributed by atoms with E-state index in [2.05, 4.69) is 4.99 Å². The van der Waals surface area contributed by atoms with Gasteiger partial charge in [0.15, 0.2) is 4.80 Å². The maximum Gasteiger partial charge on any atom is 0.338 e. The highest BCUT2D eigenvalue weighted by molar-refractivity contribution is 7.07. The number of benzene rings is 2. The third-order valence-corrected chi connectivity index (χ3v) is 5.94. The van der Waals surface area contributed by atoms with Crippen molar-refractivity contribution in [3.05, 3.63) is 102 Å². The van der Waals surface area contributed by atoms with Gasteiger partial charge in [0.05, 0.1) is 29.0 Å². The van der Waals surface area contributed by atoms with Crippen LogP contribution >= 0.6 is 22.9 Å². The minimum atomic E-state index is -0.631. The largest absolute Gasteiger partial charge is 0.466 e. The first kappa shape index (κ1) is 19.4. The number of fused-ring (bicyclic) bond motifs is 1. The van der Waals surface area contributed by atoms with Crippen LogP contribution in [0.15, 0.2) is 75.7 Å². The molecule has 0 amide bonds. The molecule has 0 bridgehead atoms. The number of thiazole rings is 1. The second-order valence-electron chi connectivity index (χ2n) is 6.54. The van der Waals surface area contributed by atoms with Gasteiger partial charge in [-0.3, -0.25) is 9.36 Å². The number of rotatable bonds is 3. The summed E-state index contributed by atoms with van der Waals surface area (Å²) in [5, 5.41) is 0.575. The normalized spacial score (nSPS) is 16.4. The van der Waals surface area contributed by atoms with E-state index in [1.54, 1.807) is 23.6 Å². The SMILES string of the molecule is COC(=O)C1=C(C)N=c2sc(=Cc3ccccc3)c(=O)n2C1c1ccc(Cl)cc1. The predicted octanol–water partition coefficient (Wildman–Crippen LogP) is 3.06. The number of halogens is 1. The quantitative estimate of drug-likeness (QED) is 0.607. The van der Waals surface area contributed by atoms with E-state index in [0.29, 0.717) is 25.6 Å². The van der Waals surface area contributed by atoms with Crippen LogP contribution in [0.5, 0.6) is 0 Å². The summed E-state index contributed by atoms with van der Waals surface area (Å²) in [6, 6.07) is 16.1. The van der Waals surface area contributed by atoms with E-state index >= 15 is 0 Å². The Morgan fingerprint density at radius 3 is 2.52 bits per heavy atom. The van der Waals surface area contributed by atoms with Crippen molar-refractivity contribution < 1.29 is 9.53 Å². The second kappa shape index (κ2) is 7.81. The lowest BCUT2D eigenvalue weighted by Gasteiger charge is -2.24. The molecule has 4 rings (SSSR count). The lowest BCUT2D eigenvalue weighted by Crippen LogP contribution is -2.39. The lowest BCUT2D eigenvalue weighted by molar-refractivity contribution is -0.136. The van der Waals surface area contributed by atoms with E-state index in [9.17, 15) is 9.59 Å². The molecule has 1 aromatic heterocycles. The summed E-state index contributed by atoms with van der Waals surface area (Å²) >= 11 is 7.34. The van der Waals surface area contributed by atoms with E-state index < -0.39 is 12.0 Å².